The molecule has 2 amide bonds. The van der Waals surface area contributed by atoms with Crippen LogP contribution >= 0.6 is 7.75 Å². The molecule has 0 aromatic carbocycles. The van der Waals surface area contributed by atoms with E-state index in [-0.39, 0.29) is 24.4 Å². The fraction of sp³-hybridized carbons (Fsp3) is 0.696. The molecule has 1 aromatic heterocycles. The molecule has 240 valence electrons. The van der Waals surface area contributed by atoms with Crippen LogP contribution in [0.1, 0.15) is 51.3 Å². The van der Waals surface area contributed by atoms with Gasteiger partial charge in [-0.05, 0) is 31.7 Å². The van der Waals surface area contributed by atoms with E-state index in [1.54, 1.807) is 0 Å². The second-order valence-corrected chi connectivity index (χ2v) is 11.2. The molecule has 0 radical (unpaired) electrons. The summed E-state index contributed by atoms with van der Waals surface area (Å²) in [6.07, 6.45) is 0.454. The summed E-state index contributed by atoms with van der Waals surface area (Å²) in [5, 5.41) is 11.2. The van der Waals surface area contributed by atoms with Crippen molar-refractivity contribution in [2.75, 3.05) is 33.6 Å². The van der Waals surface area contributed by atoms with E-state index in [1.165, 1.54) is 34.1 Å². The van der Waals surface area contributed by atoms with Crippen molar-refractivity contribution in [3.05, 3.63) is 43.0 Å². The molecule has 2 unspecified atom stereocenters. The lowest BCUT2D eigenvalue weighted by atomic mass is 10.1. The molecule has 0 aliphatic carbocycles. The van der Waals surface area contributed by atoms with Gasteiger partial charge in [0.15, 0.2) is 0 Å². The minimum atomic E-state index is -4.17. The van der Waals surface area contributed by atoms with Crippen LogP contribution in [-0.2, 0) is 42.2 Å². The summed E-state index contributed by atoms with van der Waals surface area (Å²) in [7, 11) is -2.71. The Kier molecular flexibility index (Phi) is 14.5. The van der Waals surface area contributed by atoms with Crippen LogP contribution in [0.2, 0.25) is 0 Å². The smallest absolute Gasteiger partial charge is 0.408 e. The number of rotatable bonds is 18. The summed E-state index contributed by atoms with van der Waals surface area (Å²) in [6.45, 7) is 2.58. The highest BCUT2D eigenvalue weighted by atomic mass is 31.2. The van der Waals surface area contributed by atoms with Gasteiger partial charge in [-0.2, -0.15) is 0 Å². The number of methoxy groups -OCH3 is 1. The number of ether oxygens (including phenoxy) is 3. The first-order chi connectivity index (χ1) is 20.4. The van der Waals surface area contributed by atoms with Gasteiger partial charge in [-0.3, -0.25) is 37.8 Å². The molecule has 1 aromatic rings. The predicted octanol–water partition coefficient (Wildman–Crippen LogP) is 0.458. The van der Waals surface area contributed by atoms with Gasteiger partial charge in [-0.25, -0.2) is 14.4 Å². The van der Waals surface area contributed by atoms with Crippen LogP contribution in [0, 0.1) is 6.92 Å². The average molecular weight is 633 g/mol. The molecule has 0 spiro atoms. The lowest BCUT2D eigenvalue weighted by Gasteiger charge is -2.22. The number of H-pyrrole nitrogens is 1. The number of aromatic nitrogens is 2. The predicted molar refractivity (Wildman–Crippen MR) is 148 cm³/mol. The van der Waals surface area contributed by atoms with Gasteiger partial charge in [0.2, 0.25) is 18.6 Å². The van der Waals surface area contributed by atoms with E-state index in [1.807, 2.05) is 0 Å². The molecule has 1 saturated heterocycles. The molecule has 0 saturated carbocycles. The van der Waals surface area contributed by atoms with Crippen LogP contribution in [0.3, 0.4) is 0 Å². The third-order valence-corrected chi connectivity index (χ3v) is 7.59. The van der Waals surface area contributed by atoms with Crippen LogP contribution in [0.5, 0.6) is 0 Å². The number of amides is 2. The van der Waals surface area contributed by atoms with Crippen molar-refractivity contribution >= 4 is 25.5 Å². The quantitative estimate of drug-likeness (QED) is 0.0327. The third-order valence-electron chi connectivity index (χ3n) is 6.04. The number of azide groups is 1. The Morgan fingerprint density at radius 1 is 1.26 bits per heavy atom. The van der Waals surface area contributed by atoms with Gasteiger partial charge in [0, 0.05) is 50.6 Å². The molecule has 5 atom stereocenters. The van der Waals surface area contributed by atoms with E-state index in [2.05, 4.69) is 30.7 Å². The summed E-state index contributed by atoms with van der Waals surface area (Å²) in [6, 6.07) is -0.835. The molecule has 20 heteroatoms. The Hall–Kier alpha value is -3.57. The fourth-order valence-corrected chi connectivity index (χ4v) is 5.10. The summed E-state index contributed by atoms with van der Waals surface area (Å²) < 4.78 is 41.4. The van der Waals surface area contributed by atoms with Gasteiger partial charge >= 0.3 is 19.4 Å². The molecule has 2 heterocycles. The Balaban J connectivity index is 2.06. The molecule has 4 N–H and O–H groups in total. The minimum Gasteiger partial charge on any atom is -0.437 e. The molecule has 1 aliphatic heterocycles. The number of nitrogens with zero attached hydrogens (tertiary/aromatic N) is 4. The normalized spacial score (nSPS) is 20.0. The van der Waals surface area contributed by atoms with E-state index in [9.17, 15) is 28.5 Å². The van der Waals surface area contributed by atoms with E-state index < -0.39 is 75.4 Å². The van der Waals surface area contributed by atoms with Gasteiger partial charge in [0.1, 0.15) is 19.0 Å². The Bertz CT molecular complexity index is 1330. The number of hydrogen-bond acceptors (Lipinski definition) is 12. The van der Waals surface area contributed by atoms with Gasteiger partial charge in [0.25, 0.3) is 5.56 Å². The summed E-state index contributed by atoms with van der Waals surface area (Å²) in [5.74, 6) is -1.55. The Morgan fingerprint density at radius 3 is 2.65 bits per heavy atom. The lowest BCUT2D eigenvalue weighted by molar-refractivity contribution is -0.150. The van der Waals surface area contributed by atoms with Crippen molar-refractivity contribution in [2.24, 2.45) is 5.11 Å². The lowest BCUT2D eigenvalue weighted by Crippen LogP contribution is -2.34. The maximum atomic E-state index is 13.5. The molecular formula is C23H37N8O11P. The van der Waals surface area contributed by atoms with E-state index in [4.69, 9.17) is 28.8 Å². The number of nitrogens with one attached hydrogen (secondary N) is 4. The number of hydrogen-bond donors (Lipinski definition) is 4. The summed E-state index contributed by atoms with van der Waals surface area (Å²) >= 11 is 0. The van der Waals surface area contributed by atoms with Crippen LogP contribution in [0.15, 0.2) is 20.9 Å². The van der Waals surface area contributed by atoms with Crippen LogP contribution in [0.4, 0.5) is 0 Å². The van der Waals surface area contributed by atoms with E-state index in [0.717, 1.165) is 4.57 Å². The zero-order chi connectivity index (χ0) is 32.0. The first-order valence-corrected chi connectivity index (χ1v) is 14.8. The standard InChI is InChI=1S/C23H37N8O11P/c1-14-11-31(23(36)28-22(14)35)20-9-17(29-30-24)18(42-20)12-40-43(37,41-13-39-21(34)10-25-15(2)32)26-8-6-5-7-19(38-4)27-16(3)33/h11,17-20H,5-10,12-13H2,1-4H3,(H,25,32)(H,26,37)(H,27,33)(H,28,35,36)/t17?,18-,19-,20-,43?/m1/s1. The number of aryl methyl sites for hydroxylation is 1. The second-order valence-electron chi connectivity index (χ2n) is 9.41. The van der Waals surface area contributed by atoms with Crippen molar-refractivity contribution in [2.45, 2.75) is 71.1 Å². The third kappa shape index (κ3) is 12.3. The molecule has 2 rings (SSSR count). The number of carbonyl (C=O) groups is 3. The Labute approximate surface area is 246 Å². The van der Waals surface area contributed by atoms with E-state index >= 15 is 0 Å². The zero-order valence-corrected chi connectivity index (χ0v) is 25.2. The highest BCUT2D eigenvalue weighted by Crippen LogP contribution is 2.45. The van der Waals surface area contributed by atoms with Crippen molar-refractivity contribution in [3.8, 4) is 0 Å². The second kappa shape index (κ2) is 17.5. The van der Waals surface area contributed by atoms with Crippen molar-refractivity contribution < 1.29 is 42.2 Å². The van der Waals surface area contributed by atoms with Gasteiger partial charge in [-0.15, -0.1) is 0 Å². The SMILES string of the molecule is CO[C@H](CCCCNP(=O)(OCOC(=O)CNC(C)=O)OC[C@H]1O[C@@H](n2cc(C)c(=O)[nH]c2=O)CC1N=[N+]=[N-])NC(C)=O. The maximum Gasteiger partial charge on any atom is 0.408 e. The molecule has 0 bridgehead atoms. The molecule has 43 heavy (non-hydrogen) atoms. The summed E-state index contributed by atoms with van der Waals surface area (Å²) in [5.41, 5.74) is 8.00. The molecule has 1 fully saturated rings. The monoisotopic (exact) mass is 632 g/mol. The first-order valence-electron chi connectivity index (χ1n) is 13.2. The van der Waals surface area contributed by atoms with Crippen LogP contribution in [0.25, 0.3) is 10.4 Å². The minimum absolute atomic E-state index is 0.0534. The summed E-state index contributed by atoms with van der Waals surface area (Å²) in [4.78, 5) is 63.1. The van der Waals surface area contributed by atoms with Crippen molar-refractivity contribution in [3.63, 3.8) is 0 Å². The van der Waals surface area contributed by atoms with Gasteiger partial charge < -0.3 is 24.8 Å². The van der Waals surface area contributed by atoms with Crippen molar-refractivity contribution in [1.82, 2.24) is 25.3 Å². The topological polar surface area (TPSA) is 254 Å². The van der Waals surface area contributed by atoms with Crippen LogP contribution in [-0.4, -0.2) is 79.3 Å². The number of esters is 1. The van der Waals surface area contributed by atoms with Crippen molar-refractivity contribution in [1.29, 1.82) is 0 Å². The van der Waals surface area contributed by atoms with Gasteiger partial charge in [0.05, 0.1) is 18.8 Å². The molecular weight excluding hydrogens is 595 g/mol. The average Bonchev–Trinajstić information content (AvgIpc) is 3.34. The first kappa shape index (κ1) is 35.6. The molecule has 19 nitrogen and oxygen atoms in total. The maximum absolute atomic E-state index is 13.5. The van der Waals surface area contributed by atoms with Gasteiger partial charge in [-0.1, -0.05) is 5.11 Å². The van der Waals surface area contributed by atoms with Crippen LogP contribution < -0.4 is 27.0 Å². The number of unbranched alkanes of at least 4 members (excludes halogenated alkanes) is 1. The van der Waals surface area contributed by atoms with E-state index in [0.29, 0.717) is 19.3 Å². The number of aromatic amines is 1. The Morgan fingerprint density at radius 2 is 2.00 bits per heavy atom. The highest BCUT2D eigenvalue weighted by Gasteiger charge is 2.38. The number of carbonyl (C=O) groups excluding carboxylic acids is 3. The highest BCUT2D eigenvalue weighted by molar-refractivity contribution is 7.51. The molecule has 1 aliphatic rings. The fourth-order valence-electron chi connectivity index (χ4n) is 3.88. The zero-order valence-electron chi connectivity index (χ0n) is 24.3. The largest absolute Gasteiger partial charge is 0.437 e.